The number of hydrogen-bond donors (Lipinski definition) is 2. The summed E-state index contributed by atoms with van der Waals surface area (Å²) in [6.45, 7) is 5.00. The molecule has 0 aliphatic heterocycles. The molecule has 0 radical (unpaired) electrons. The predicted octanol–water partition coefficient (Wildman–Crippen LogP) is 2.62. The van der Waals surface area contributed by atoms with Crippen LogP contribution in [0.5, 0.6) is 0 Å². The fourth-order valence-corrected chi connectivity index (χ4v) is 3.64. The first kappa shape index (κ1) is 18.0. The van der Waals surface area contributed by atoms with Crippen molar-refractivity contribution in [1.29, 1.82) is 0 Å². The first-order chi connectivity index (χ1) is 10.8. The number of aryl methyl sites for hydroxylation is 1. The van der Waals surface area contributed by atoms with Crippen molar-refractivity contribution < 1.29 is 4.79 Å². The lowest BCUT2D eigenvalue weighted by Crippen LogP contribution is -2.55. The Bertz CT molecular complexity index is 526. The quantitative estimate of drug-likeness (QED) is 0.877. The number of nitrogens with zero attached hydrogens (tertiary/aromatic N) is 1. The Hall–Kier alpha value is -1.39. The van der Waals surface area contributed by atoms with Crippen molar-refractivity contribution in [3.05, 3.63) is 35.4 Å². The van der Waals surface area contributed by atoms with Crippen LogP contribution in [0.15, 0.2) is 24.3 Å². The Labute approximate surface area is 140 Å². The molecule has 128 valence electrons. The SMILES string of the molecule is Cc1ccc(C(N)C(=O)NCC2(N(C)C)CCCC(C)C2)cc1. The highest BCUT2D eigenvalue weighted by Gasteiger charge is 2.37. The van der Waals surface area contributed by atoms with E-state index in [0.717, 1.165) is 18.4 Å². The van der Waals surface area contributed by atoms with Crippen LogP contribution in [-0.4, -0.2) is 37.0 Å². The van der Waals surface area contributed by atoms with E-state index in [9.17, 15) is 4.79 Å². The molecule has 4 heteroatoms. The molecule has 3 unspecified atom stereocenters. The van der Waals surface area contributed by atoms with Gasteiger partial charge in [-0.3, -0.25) is 4.79 Å². The number of carbonyl (C=O) groups excluding carboxylic acids is 1. The van der Waals surface area contributed by atoms with E-state index in [4.69, 9.17) is 5.73 Å². The third kappa shape index (κ3) is 4.33. The summed E-state index contributed by atoms with van der Waals surface area (Å²) in [7, 11) is 4.23. The zero-order valence-corrected chi connectivity index (χ0v) is 14.9. The van der Waals surface area contributed by atoms with Gasteiger partial charge in [0.2, 0.25) is 5.91 Å². The number of amides is 1. The number of rotatable bonds is 5. The lowest BCUT2D eigenvalue weighted by molar-refractivity contribution is -0.123. The molecule has 3 atom stereocenters. The molecule has 1 aromatic carbocycles. The third-order valence-electron chi connectivity index (χ3n) is 5.33. The van der Waals surface area contributed by atoms with Crippen LogP contribution in [0.25, 0.3) is 0 Å². The van der Waals surface area contributed by atoms with Gasteiger partial charge >= 0.3 is 0 Å². The Morgan fingerprint density at radius 1 is 1.39 bits per heavy atom. The van der Waals surface area contributed by atoms with Gasteiger partial charge in [-0.05, 0) is 45.3 Å². The molecule has 1 fully saturated rings. The van der Waals surface area contributed by atoms with E-state index in [2.05, 4.69) is 31.2 Å². The number of nitrogens with one attached hydrogen (secondary N) is 1. The zero-order valence-electron chi connectivity index (χ0n) is 14.9. The molecule has 23 heavy (non-hydrogen) atoms. The van der Waals surface area contributed by atoms with Crippen molar-refractivity contribution in [2.75, 3.05) is 20.6 Å². The minimum absolute atomic E-state index is 0.0559. The van der Waals surface area contributed by atoms with Crippen LogP contribution in [0.4, 0.5) is 0 Å². The van der Waals surface area contributed by atoms with Crippen molar-refractivity contribution in [3.8, 4) is 0 Å². The van der Waals surface area contributed by atoms with Gasteiger partial charge < -0.3 is 16.0 Å². The maximum atomic E-state index is 12.5. The number of carbonyl (C=O) groups is 1. The first-order valence-corrected chi connectivity index (χ1v) is 8.61. The molecule has 3 N–H and O–H groups in total. The van der Waals surface area contributed by atoms with Gasteiger partial charge in [0.05, 0.1) is 0 Å². The molecule has 1 aliphatic carbocycles. The molecule has 1 aliphatic rings. The number of likely N-dealkylation sites (N-methyl/N-ethyl adjacent to an activating group) is 1. The van der Waals surface area contributed by atoms with E-state index < -0.39 is 6.04 Å². The van der Waals surface area contributed by atoms with Crippen LogP contribution in [0, 0.1) is 12.8 Å². The number of nitrogens with two attached hydrogens (primary N) is 1. The normalized spacial score (nSPS) is 26.1. The highest BCUT2D eigenvalue weighted by atomic mass is 16.2. The van der Waals surface area contributed by atoms with Crippen LogP contribution >= 0.6 is 0 Å². The van der Waals surface area contributed by atoms with Crippen molar-refractivity contribution in [2.24, 2.45) is 11.7 Å². The summed E-state index contributed by atoms with van der Waals surface area (Å²) in [6, 6.07) is 7.25. The molecule has 0 heterocycles. The molecular weight excluding hydrogens is 286 g/mol. The Morgan fingerprint density at radius 2 is 2.04 bits per heavy atom. The molecule has 4 nitrogen and oxygen atoms in total. The molecule has 1 amide bonds. The molecular formula is C19H31N3O. The van der Waals surface area contributed by atoms with E-state index in [-0.39, 0.29) is 11.4 Å². The monoisotopic (exact) mass is 317 g/mol. The summed E-state index contributed by atoms with van der Waals surface area (Å²) in [5.74, 6) is 0.613. The van der Waals surface area contributed by atoms with Crippen LogP contribution in [-0.2, 0) is 4.79 Å². The summed E-state index contributed by atoms with van der Waals surface area (Å²) >= 11 is 0. The fraction of sp³-hybridized carbons (Fsp3) is 0.632. The van der Waals surface area contributed by atoms with Gasteiger partial charge in [-0.25, -0.2) is 0 Å². The van der Waals surface area contributed by atoms with Gasteiger partial charge in [-0.15, -0.1) is 0 Å². The maximum Gasteiger partial charge on any atom is 0.241 e. The molecule has 0 saturated heterocycles. The van der Waals surface area contributed by atoms with Crippen molar-refractivity contribution in [1.82, 2.24) is 10.2 Å². The highest BCUT2D eigenvalue weighted by Crippen LogP contribution is 2.35. The van der Waals surface area contributed by atoms with Crippen LogP contribution < -0.4 is 11.1 Å². The van der Waals surface area contributed by atoms with E-state index in [1.807, 2.05) is 31.2 Å². The summed E-state index contributed by atoms with van der Waals surface area (Å²) in [6.07, 6.45) is 4.76. The molecule has 1 aromatic rings. The predicted molar refractivity (Wildman–Crippen MR) is 95.2 cm³/mol. The maximum absolute atomic E-state index is 12.5. The third-order valence-corrected chi connectivity index (χ3v) is 5.33. The lowest BCUT2D eigenvalue weighted by Gasteiger charge is -2.45. The molecule has 2 rings (SSSR count). The minimum atomic E-state index is -0.601. The molecule has 0 aromatic heterocycles. The van der Waals surface area contributed by atoms with Crippen molar-refractivity contribution in [3.63, 3.8) is 0 Å². The Balaban J connectivity index is 2.00. The number of benzene rings is 1. The average molecular weight is 317 g/mol. The van der Waals surface area contributed by atoms with Gasteiger partial charge in [0.1, 0.15) is 6.04 Å². The van der Waals surface area contributed by atoms with Crippen LogP contribution in [0.1, 0.15) is 49.8 Å². The van der Waals surface area contributed by atoms with Crippen LogP contribution in [0.3, 0.4) is 0 Å². The van der Waals surface area contributed by atoms with Gasteiger partial charge in [0.25, 0.3) is 0 Å². The second-order valence-corrected chi connectivity index (χ2v) is 7.43. The summed E-state index contributed by atoms with van der Waals surface area (Å²) in [5.41, 5.74) is 8.22. The summed E-state index contributed by atoms with van der Waals surface area (Å²) < 4.78 is 0. The number of hydrogen-bond acceptors (Lipinski definition) is 3. The second-order valence-electron chi connectivity index (χ2n) is 7.43. The van der Waals surface area contributed by atoms with E-state index in [1.165, 1.54) is 18.4 Å². The Morgan fingerprint density at radius 3 is 2.61 bits per heavy atom. The largest absolute Gasteiger partial charge is 0.353 e. The van der Waals surface area contributed by atoms with E-state index in [0.29, 0.717) is 12.5 Å². The summed E-state index contributed by atoms with van der Waals surface area (Å²) in [5, 5.41) is 3.10. The van der Waals surface area contributed by atoms with Crippen molar-refractivity contribution >= 4 is 5.91 Å². The van der Waals surface area contributed by atoms with Gasteiger partial charge in [0, 0.05) is 12.1 Å². The second kappa shape index (κ2) is 7.45. The highest BCUT2D eigenvalue weighted by molar-refractivity contribution is 5.83. The smallest absolute Gasteiger partial charge is 0.241 e. The lowest BCUT2D eigenvalue weighted by atomic mass is 9.75. The fourth-order valence-electron chi connectivity index (χ4n) is 3.64. The van der Waals surface area contributed by atoms with Crippen LogP contribution in [0.2, 0.25) is 0 Å². The van der Waals surface area contributed by atoms with Gasteiger partial charge in [-0.1, -0.05) is 49.6 Å². The summed E-state index contributed by atoms with van der Waals surface area (Å²) in [4.78, 5) is 14.7. The minimum Gasteiger partial charge on any atom is -0.353 e. The standard InChI is InChI=1S/C19H31N3O/c1-14-7-9-16(10-8-14)17(20)18(23)21-13-19(22(3)4)11-5-6-15(2)12-19/h7-10,15,17H,5-6,11-13,20H2,1-4H3,(H,21,23). The molecule has 1 saturated carbocycles. The zero-order chi connectivity index (χ0) is 17.0. The van der Waals surface area contributed by atoms with E-state index in [1.54, 1.807) is 0 Å². The molecule has 0 bridgehead atoms. The Kier molecular flexibility index (Phi) is 5.82. The molecule has 0 spiro atoms. The first-order valence-electron chi connectivity index (χ1n) is 8.61. The van der Waals surface area contributed by atoms with Crippen molar-refractivity contribution in [2.45, 2.75) is 51.1 Å². The van der Waals surface area contributed by atoms with Gasteiger partial charge in [0.15, 0.2) is 0 Å². The van der Waals surface area contributed by atoms with E-state index >= 15 is 0 Å². The topological polar surface area (TPSA) is 58.4 Å². The average Bonchev–Trinajstić information content (AvgIpc) is 2.52. The van der Waals surface area contributed by atoms with Gasteiger partial charge in [-0.2, -0.15) is 0 Å².